The van der Waals surface area contributed by atoms with Crippen LogP contribution in [-0.2, 0) is 6.54 Å². The number of aliphatic hydroxyl groups is 1. The highest BCUT2D eigenvalue weighted by Crippen LogP contribution is 2.21. The molecule has 3 aromatic rings. The molecule has 0 aromatic carbocycles. The first-order valence-corrected chi connectivity index (χ1v) is 6.31. The quantitative estimate of drug-likeness (QED) is 0.746. The molecule has 0 saturated heterocycles. The third-order valence-electron chi connectivity index (χ3n) is 3.16. The number of aliphatic hydroxyl groups excluding tert-OH is 1. The first-order chi connectivity index (χ1) is 9.69. The summed E-state index contributed by atoms with van der Waals surface area (Å²) in [5.41, 5.74) is 3.11. The number of hydrogen-bond donors (Lipinski definition) is 2. The molecule has 0 aliphatic rings. The fraction of sp³-hybridized carbons (Fsp3) is 0.214. The van der Waals surface area contributed by atoms with Crippen LogP contribution in [0.25, 0.3) is 22.2 Å². The summed E-state index contributed by atoms with van der Waals surface area (Å²) in [5.74, 6) is 0. The molecule has 0 amide bonds. The normalized spacial score (nSPS) is 11.1. The molecule has 0 saturated carbocycles. The maximum Gasteiger partial charge on any atom is 0.273 e. The second kappa shape index (κ2) is 4.90. The monoisotopic (exact) mass is 270 g/mol. The molecule has 0 radical (unpaired) electrons. The van der Waals surface area contributed by atoms with E-state index >= 15 is 0 Å². The Balaban J connectivity index is 2.16. The SMILES string of the molecule is Cc1cc(-c2cnc3c(c2)c(=O)[nH]n3CCO)ccn1. The summed E-state index contributed by atoms with van der Waals surface area (Å²) in [7, 11) is 0. The minimum absolute atomic E-state index is 0.0489. The first-order valence-electron chi connectivity index (χ1n) is 6.31. The molecule has 0 bridgehead atoms. The van der Waals surface area contributed by atoms with Gasteiger partial charge in [0.25, 0.3) is 5.56 Å². The summed E-state index contributed by atoms with van der Waals surface area (Å²) in [6, 6.07) is 5.64. The lowest BCUT2D eigenvalue weighted by Crippen LogP contribution is -2.08. The van der Waals surface area contributed by atoms with Crippen LogP contribution in [0.4, 0.5) is 0 Å². The minimum atomic E-state index is -0.200. The van der Waals surface area contributed by atoms with Gasteiger partial charge in [0.05, 0.1) is 18.5 Å². The molecule has 6 nitrogen and oxygen atoms in total. The van der Waals surface area contributed by atoms with Crippen molar-refractivity contribution in [2.75, 3.05) is 6.61 Å². The molecule has 3 aromatic heterocycles. The van der Waals surface area contributed by atoms with Crippen molar-refractivity contribution < 1.29 is 5.11 Å². The van der Waals surface area contributed by atoms with Crippen molar-refractivity contribution in [3.05, 3.63) is 46.6 Å². The zero-order chi connectivity index (χ0) is 14.1. The Labute approximate surface area is 114 Å². The van der Waals surface area contributed by atoms with E-state index in [1.165, 1.54) is 0 Å². The summed E-state index contributed by atoms with van der Waals surface area (Å²) in [6.07, 6.45) is 3.45. The summed E-state index contributed by atoms with van der Waals surface area (Å²) in [4.78, 5) is 20.4. The van der Waals surface area contributed by atoms with Gasteiger partial charge in [0.15, 0.2) is 5.65 Å². The fourth-order valence-corrected chi connectivity index (χ4v) is 2.22. The zero-order valence-corrected chi connectivity index (χ0v) is 11.0. The highest BCUT2D eigenvalue weighted by molar-refractivity contribution is 5.80. The zero-order valence-electron chi connectivity index (χ0n) is 11.0. The van der Waals surface area contributed by atoms with Gasteiger partial charge in [0, 0.05) is 23.7 Å². The number of nitrogens with zero attached hydrogens (tertiary/aromatic N) is 3. The van der Waals surface area contributed by atoms with Crippen LogP contribution in [0.5, 0.6) is 0 Å². The van der Waals surface area contributed by atoms with Crippen molar-refractivity contribution in [2.45, 2.75) is 13.5 Å². The van der Waals surface area contributed by atoms with Crippen molar-refractivity contribution in [2.24, 2.45) is 0 Å². The van der Waals surface area contributed by atoms with Crippen molar-refractivity contribution in [1.29, 1.82) is 0 Å². The van der Waals surface area contributed by atoms with Gasteiger partial charge >= 0.3 is 0 Å². The van der Waals surface area contributed by atoms with E-state index in [0.717, 1.165) is 16.8 Å². The molecule has 6 heteroatoms. The van der Waals surface area contributed by atoms with Crippen LogP contribution in [0.1, 0.15) is 5.69 Å². The Hall–Kier alpha value is -2.47. The van der Waals surface area contributed by atoms with Gasteiger partial charge in [-0.05, 0) is 30.7 Å². The molecular formula is C14H14N4O2. The maximum absolute atomic E-state index is 11.9. The second-order valence-corrected chi connectivity index (χ2v) is 4.60. The Bertz CT molecular complexity index is 819. The largest absolute Gasteiger partial charge is 0.394 e. The Morgan fingerprint density at radius 2 is 2.15 bits per heavy atom. The molecule has 0 spiro atoms. The highest BCUT2D eigenvalue weighted by Gasteiger charge is 2.09. The van der Waals surface area contributed by atoms with Gasteiger partial charge in [0.1, 0.15) is 0 Å². The highest BCUT2D eigenvalue weighted by atomic mass is 16.3. The van der Waals surface area contributed by atoms with Gasteiger partial charge in [0.2, 0.25) is 0 Å². The van der Waals surface area contributed by atoms with Crippen LogP contribution in [0.15, 0.2) is 35.4 Å². The number of fused-ring (bicyclic) bond motifs is 1. The molecule has 0 unspecified atom stereocenters. The van der Waals surface area contributed by atoms with Crippen molar-refractivity contribution >= 4 is 11.0 Å². The summed E-state index contributed by atoms with van der Waals surface area (Å²) in [5, 5.41) is 12.2. The second-order valence-electron chi connectivity index (χ2n) is 4.60. The van der Waals surface area contributed by atoms with E-state index in [1.54, 1.807) is 17.1 Å². The van der Waals surface area contributed by atoms with Crippen molar-refractivity contribution in [3.63, 3.8) is 0 Å². The van der Waals surface area contributed by atoms with Crippen LogP contribution >= 0.6 is 0 Å². The van der Waals surface area contributed by atoms with Crippen LogP contribution in [-0.4, -0.2) is 31.5 Å². The number of rotatable bonds is 3. The summed E-state index contributed by atoms with van der Waals surface area (Å²) < 4.78 is 1.55. The van der Waals surface area contributed by atoms with Gasteiger partial charge in [-0.1, -0.05) is 0 Å². The Morgan fingerprint density at radius 1 is 1.30 bits per heavy atom. The molecule has 2 N–H and O–H groups in total. The molecule has 102 valence electrons. The minimum Gasteiger partial charge on any atom is -0.394 e. The van der Waals surface area contributed by atoms with Crippen LogP contribution in [0.3, 0.4) is 0 Å². The summed E-state index contributed by atoms with van der Waals surface area (Å²) >= 11 is 0. The topological polar surface area (TPSA) is 83.8 Å². The van der Waals surface area contributed by atoms with E-state index in [1.807, 2.05) is 25.1 Å². The molecule has 20 heavy (non-hydrogen) atoms. The number of hydrogen-bond acceptors (Lipinski definition) is 4. The van der Waals surface area contributed by atoms with Crippen molar-refractivity contribution in [1.82, 2.24) is 19.7 Å². The third-order valence-corrected chi connectivity index (χ3v) is 3.16. The van der Waals surface area contributed by atoms with Gasteiger partial charge < -0.3 is 5.11 Å². The molecule has 3 rings (SSSR count). The Kier molecular flexibility index (Phi) is 3.08. The predicted molar refractivity (Wildman–Crippen MR) is 75.4 cm³/mol. The van der Waals surface area contributed by atoms with Crippen LogP contribution < -0.4 is 5.56 Å². The number of pyridine rings is 2. The van der Waals surface area contributed by atoms with Crippen molar-refractivity contribution in [3.8, 4) is 11.1 Å². The molecule has 0 aliphatic heterocycles. The Morgan fingerprint density at radius 3 is 2.90 bits per heavy atom. The molecular weight excluding hydrogens is 256 g/mol. The van der Waals surface area contributed by atoms with Gasteiger partial charge in [-0.15, -0.1) is 0 Å². The van der Waals surface area contributed by atoms with E-state index < -0.39 is 0 Å². The average Bonchev–Trinajstić information content (AvgIpc) is 2.76. The van der Waals surface area contributed by atoms with Gasteiger partial charge in [-0.3, -0.25) is 19.6 Å². The lowest BCUT2D eigenvalue weighted by atomic mass is 10.1. The number of nitrogens with one attached hydrogen (secondary N) is 1. The maximum atomic E-state index is 11.9. The number of H-pyrrole nitrogens is 1. The summed E-state index contributed by atoms with van der Waals surface area (Å²) in [6.45, 7) is 2.19. The van der Waals surface area contributed by atoms with E-state index in [-0.39, 0.29) is 12.2 Å². The first kappa shape index (κ1) is 12.6. The number of aromatic nitrogens is 4. The van der Waals surface area contributed by atoms with E-state index in [4.69, 9.17) is 5.11 Å². The molecule has 0 aliphatic carbocycles. The van der Waals surface area contributed by atoms with Crippen LogP contribution in [0.2, 0.25) is 0 Å². The fourth-order valence-electron chi connectivity index (χ4n) is 2.22. The van der Waals surface area contributed by atoms with Gasteiger partial charge in [-0.25, -0.2) is 4.98 Å². The van der Waals surface area contributed by atoms with Crippen LogP contribution in [0, 0.1) is 6.92 Å². The van der Waals surface area contributed by atoms with E-state index in [0.29, 0.717) is 17.6 Å². The van der Waals surface area contributed by atoms with Gasteiger partial charge in [-0.2, -0.15) is 0 Å². The smallest absolute Gasteiger partial charge is 0.273 e. The predicted octanol–water partition coefficient (Wildman–Crippen LogP) is 1.09. The lowest BCUT2D eigenvalue weighted by molar-refractivity contribution is 0.271. The standard InChI is InChI=1S/C14H14N4O2/c1-9-6-10(2-3-15-9)11-7-12-13(16-8-11)18(4-5-19)17-14(12)20/h2-3,6-8,19H,4-5H2,1H3,(H,17,20). The number of aromatic amines is 1. The average molecular weight is 270 g/mol. The van der Waals surface area contributed by atoms with E-state index in [2.05, 4.69) is 15.1 Å². The lowest BCUT2D eigenvalue weighted by Gasteiger charge is -2.03. The van der Waals surface area contributed by atoms with E-state index in [9.17, 15) is 4.79 Å². The molecule has 0 atom stereocenters. The molecule has 3 heterocycles. The number of aryl methyl sites for hydroxylation is 1. The third kappa shape index (κ3) is 2.10. The molecule has 0 fully saturated rings.